The van der Waals surface area contributed by atoms with Crippen LogP contribution in [0.1, 0.15) is 12.6 Å². The monoisotopic (exact) mass is 265 g/mol. The van der Waals surface area contributed by atoms with Gasteiger partial charge in [-0.2, -0.15) is 5.10 Å². The molecule has 1 aromatic carbocycles. The van der Waals surface area contributed by atoms with E-state index in [0.29, 0.717) is 11.4 Å². The van der Waals surface area contributed by atoms with Crippen LogP contribution in [0.2, 0.25) is 0 Å². The third-order valence-corrected chi connectivity index (χ3v) is 4.49. The second kappa shape index (κ2) is 4.91. The van der Waals surface area contributed by atoms with Crippen molar-refractivity contribution in [1.82, 2.24) is 10.2 Å². The lowest BCUT2D eigenvalue weighted by Crippen LogP contribution is -2.03. The Labute approximate surface area is 106 Å². The van der Waals surface area contributed by atoms with Crippen molar-refractivity contribution in [2.75, 3.05) is 5.75 Å². The summed E-state index contributed by atoms with van der Waals surface area (Å²) in [6, 6.07) is 8.55. The van der Waals surface area contributed by atoms with E-state index in [-0.39, 0.29) is 5.75 Å². The van der Waals surface area contributed by atoms with Gasteiger partial charge in [0.2, 0.25) is 0 Å². The normalized spacial score (nSPS) is 11.7. The highest BCUT2D eigenvalue weighted by Crippen LogP contribution is 2.20. The molecule has 0 atom stereocenters. The topological polar surface area (TPSA) is 88.8 Å². The highest BCUT2D eigenvalue weighted by atomic mass is 32.2. The summed E-state index contributed by atoms with van der Waals surface area (Å²) in [5.41, 5.74) is 7.95. The van der Waals surface area contributed by atoms with Crippen molar-refractivity contribution in [3.8, 4) is 11.3 Å². The van der Waals surface area contributed by atoms with Crippen molar-refractivity contribution >= 4 is 9.84 Å². The van der Waals surface area contributed by atoms with E-state index in [1.54, 1.807) is 31.2 Å². The Balaban J connectivity index is 2.33. The van der Waals surface area contributed by atoms with Crippen LogP contribution in [0, 0.1) is 0 Å². The van der Waals surface area contributed by atoms with Gasteiger partial charge in [-0.1, -0.05) is 19.1 Å². The lowest BCUT2D eigenvalue weighted by molar-refractivity contribution is 0.597. The Morgan fingerprint density at radius 2 is 1.94 bits per heavy atom. The van der Waals surface area contributed by atoms with Crippen molar-refractivity contribution < 1.29 is 8.42 Å². The number of nitrogens with two attached hydrogens (primary N) is 1. The minimum atomic E-state index is -3.14. The average molecular weight is 265 g/mol. The van der Waals surface area contributed by atoms with Crippen LogP contribution in [-0.2, 0) is 16.4 Å². The van der Waals surface area contributed by atoms with E-state index in [1.807, 2.05) is 6.07 Å². The number of benzene rings is 1. The number of H-pyrrole nitrogens is 1. The van der Waals surface area contributed by atoms with E-state index < -0.39 is 9.84 Å². The number of aromatic nitrogens is 2. The van der Waals surface area contributed by atoms with Crippen LogP contribution in [0.4, 0.5) is 0 Å². The Kier molecular flexibility index (Phi) is 3.49. The molecule has 0 aliphatic rings. The van der Waals surface area contributed by atoms with E-state index in [4.69, 9.17) is 5.73 Å². The highest BCUT2D eigenvalue weighted by molar-refractivity contribution is 7.91. The molecule has 18 heavy (non-hydrogen) atoms. The van der Waals surface area contributed by atoms with Gasteiger partial charge in [0, 0.05) is 17.8 Å². The molecule has 6 heteroatoms. The maximum atomic E-state index is 11.7. The smallest absolute Gasteiger partial charge is 0.178 e. The third kappa shape index (κ3) is 2.44. The van der Waals surface area contributed by atoms with Crippen molar-refractivity contribution in [3.05, 3.63) is 36.0 Å². The summed E-state index contributed by atoms with van der Waals surface area (Å²) in [5.74, 6) is 0.103. The number of sulfone groups is 1. The Morgan fingerprint density at radius 3 is 2.44 bits per heavy atom. The van der Waals surface area contributed by atoms with Gasteiger partial charge >= 0.3 is 0 Å². The average Bonchev–Trinajstić information content (AvgIpc) is 2.87. The quantitative estimate of drug-likeness (QED) is 0.872. The SMILES string of the molecule is CCS(=O)(=O)c1ccc(-c2cc(CN)[nH]n2)cc1. The van der Waals surface area contributed by atoms with Gasteiger partial charge in [-0.25, -0.2) is 8.42 Å². The minimum absolute atomic E-state index is 0.103. The fourth-order valence-electron chi connectivity index (χ4n) is 1.61. The molecule has 0 saturated heterocycles. The molecule has 1 aromatic heterocycles. The number of hydrogen-bond acceptors (Lipinski definition) is 4. The highest BCUT2D eigenvalue weighted by Gasteiger charge is 2.11. The Morgan fingerprint density at radius 1 is 1.28 bits per heavy atom. The van der Waals surface area contributed by atoms with E-state index in [0.717, 1.165) is 17.0 Å². The van der Waals surface area contributed by atoms with Crippen LogP contribution in [0.15, 0.2) is 35.2 Å². The Bertz CT molecular complexity index is 630. The summed E-state index contributed by atoms with van der Waals surface area (Å²) in [6.07, 6.45) is 0. The largest absolute Gasteiger partial charge is 0.325 e. The summed E-state index contributed by atoms with van der Waals surface area (Å²) in [6.45, 7) is 2.03. The second-order valence-electron chi connectivity index (χ2n) is 3.91. The molecule has 5 nitrogen and oxygen atoms in total. The Hall–Kier alpha value is -1.66. The van der Waals surface area contributed by atoms with Crippen molar-refractivity contribution in [3.63, 3.8) is 0 Å². The maximum absolute atomic E-state index is 11.7. The van der Waals surface area contributed by atoms with Crippen LogP contribution in [0.25, 0.3) is 11.3 Å². The molecule has 0 spiro atoms. The van der Waals surface area contributed by atoms with Crippen LogP contribution in [0.3, 0.4) is 0 Å². The van der Waals surface area contributed by atoms with E-state index in [2.05, 4.69) is 10.2 Å². The lowest BCUT2D eigenvalue weighted by atomic mass is 10.1. The van der Waals surface area contributed by atoms with E-state index >= 15 is 0 Å². The molecule has 96 valence electrons. The number of hydrogen-bond donors (Lipinski definition) is 2. The lowest BCUT2D eigenvalue weighted by Gasteiger charge is -2.02. The molecule has 0 radical (unpaired) electrons. The molecule has 0 fully saturated rings. The van der Waals surface area contributed by atoms with Crippen LogP contribution in [0.5, 0.6) is 0 Å². The first-order chi connectivity index (χ1) is 8.56. The number of nitrogens with zero attached hydrogens (tertiary/aromatic N) is 1. The zero-order valence-corrected chi connectivity index (χ0v) is 10.9. The van der Waals surface area contributed by atoms with Crippen molar-refractivity contribution in [2.24, 2.45) is 5.73 Å². The molecule has 2 aromatic rings. The summed E-state index contributed by atoms with van der Waals surface area (Å²) >= 11 is 0. The fraction of sp³-hybridized carbons (Fsp3) is 0.250. The molecule has 0 unspecified atom stereocenters. The molecule has 0 aliphatic heterocycles. The zero-order chi connectivity index (χ0) is 13.2. The van der Waals surface area contributed by atoms with Gasteiger partial charge in [-0.05, 0) is 18.2 Å². The van der Waals surface area contributed by atoms with Gasteiger partial charge in [0.05, 0.1) is 16.3 Å². The van der Waals surface area contributed by atoms with Crippen LogP contribution >= 0.6 is 0 Å². The first kappa shape index (κ1) is 12.8. The predicted octanol–water partition coefficient (Wildman–Crippen LogP) is 1.33. The molecule has 0 bridgehead atoms. The summed E-state index contributed by atoms with van der Waals surface area (Å²) in [7, 11) is -3.14. The molecular weight excluding hydrogens is 250 g/mol. The van der Waals surface area contributed by atoms with Gasteiger partial charge in [0.1, 0.15) is 0 Å². The second-order valence-corrected chi connectivity index (χ2v) is 6.19. The van der Waals surface area contributed by atoms with Crippen LogP contribution < -0.4 is 5.73 Å². The van der Waals surface area contributed by atoms with E-state index in [9.17, 15) is 8.42 Å². The molecule has 0 saturated carbocycles. The fourth-order valence-corrected chi connectivity index (χ4v) is 2.50. The van der Waals surface area contributed by atoms with E-state index in [1.165, 1.54) is 0 Å². The first-order valence-corrected chi connectivity index (χ1v) is 7.29. The maximum Gasteiger partial charge on any atom is 0.178 e. The molecule has 3 N–H and O–H groups in total. The van der Waals surface area contributed by atoms with Crippen molar-refractivity contribution in [2.45, 2.75) is 18.4 Å². The van der Waals surface area contributed by atoms with Gasteiger partial charge < -0.3 is 5.73 Å². The predicted molar refractivity (Wildman–Crippen MR) is 69.6 cm³/mol. The van der Waals surface area contributed by atoms with Gasteiger partial charge in [-0.15, -0.1) is 0 Å². The van der Waals surface area contributed by atoms with Crippen molar-refractivity contribution in [1.29, 1.82) is 0 Å². The summed E-state index contributed by atoms with van der Waals surface area (Å²) in [4.78, 5) is 0.336. The summed E-state index contributed by atoms with van der Waals surface area (Å²) in [5, 5.41) is 6.93. The third-order valence-electron chi connectivity index (χ3n) is 2.74. The number of rotatable bonds is 4. The molecule has 0 aliphatic carbocycles. The molecular formula is C12H15N3O2S. The van der Waals surface area contributed by atoms with Gasteiger partial charge in [-0.3, -0.25) is 5.10 Å². The molecule has 0 amide bonds. The summed E-state index contributed by atoms with van der Waals surface area (Å²) < 4.78 is 23.3. The zero-order valence-electron chi connectivity index (χ0n) is 10.1. The number of aromatic amines is 1. The number of nitrogens with one attached hydrogen (secondary N) is 1. The first-order valence-electron chi connectivity index (χ1n) is 5.64. The molecule has 1 heterocycles. The van der Waals surface area contributed by atoms with Crippen LogP contribution in [-0.4, -0.2) is 24.4 Å². The van der Waals surface area contributed by atoms with Gasteiger partial charge in [0.15, 0.2) is 9.84 Å². The minimum Gasteiger partial charge on any atom is -0.325 e. The molecule has 2 rings (SSSR count). The standard InChI is InChI=1S/C12H15N3O2S/c1-2-18(16,17)11-5-3-9(4-6-11)12-7-10(8-13)14-15-12/h3-7H,2,8,13H2,1H3,(H,14,15). The van der Waals surface area contributed by atoms with Gasteiger partial charge in [0.25, 0.3) is 0 Å².